The van der Waals surface area contributed by atoms with E-state index in [1.807, 2.05) is 23.7 Å². The molecular weight excluding hydrogens is 210 g/mol. The lowest BCUT2D eigenvalue weighted by atomic mass is 10.1. The lowest BCUT2D eigenvalue weighted by Crippen LogP contribution is -1.94. The molecule has 0 unspecified atom stereocenters. The van der Waals surface area contributed by atoms with Crippen LogP contribution in [-0.2, 0) is 0 Å². The first-order chi connectivity index (χ1) is 6.74. The molecule has 2 aromatic heterocycles. The summed E-state index contributed by atoms with van der Waals surface area (Å²) in [6.45, 7) is 2.01. The summed E-state index contributed by atoms with van der Waals surface area (Å²) in [6, 6.07) is 2.07. The maximum atomic E-state index is 5.85. The summed E-state index contributed by atoms with van der Waals surface area (Å²) >= 11 is 0. The van der Waals surface area contributed by atoms with Crippen molar-refractivity contribution in [1.82, 2.24) is 9.38 Å². The van der Waals surface area contributed by atoms with Crippen LogP contribution < -0.4 is 5.73 Å². The molecule has 0 aromatic carbocycles. The summed E-state index contributed by atoms with van der Waals surface area (Å²) < 4.78 is 2.04. The normalized spacial score (nSPS) is 15.3. The molecule has 3 nitrogen and oxygen atoms in total. The predicted molar refractivity (Wildman–Crippen MR) is 63.6 cm³/mol. The van der Waals surface area contributed by atoms with Gasteiger partial charge in [0.05, 0.1) is 5.69 Å². The van der Waals surface area contributed by atoms with E-state index in [1.54, 1.807) is 0 Å². The Morgan fingerprint density at radius 1 is 1.40 bits per heavy atom. The molecule has 2 aromatic rings. The summed E-state index contributed by atoms with van der Waals surface area (Å²) in [5.41, 5.74) is 10.1. The van der Waals surface area contributed by atoms with E-state index >= 15 is 0 Å². The molecule has 1 aliphatic rings. The number of hydrogen-bond donors (Lipinski definition) is 1. The minimum Gasteiger partial charge on any atom is -0.398 e. The molecule has 0 aliphatic heterocycles. The fraction of sp³-hybridized carbons (Fsp3) is 0.364. The third-order valence-corrected chi connectivity index (χ3v) is 2.74. The van der Waals surface area contributed by atoms with Crippen LogP contribution in [0.1, 0.15) is 30.0 Å². The van der Waals surface area contributed by atoms with E-state index in [4.69, 9.17) is 5.73 Å². The number of halogens is 1. The SMILES string of the molecule is Cc1cn2cc(N)cc(C3CC3)c2n1.Cl. The maximum absolute atomic E-state index is 5.85. The molecule has 1 fully saturated rings. The summed E-state index contributed by atoms with van der Waals surface area (Å²) in [7, 11) is 0. The van der Waals surface area contributed by atoms with Gasteiger partial charge in [0, 0.05) is 23.6 Å². The van der Waals surface area contributed by atoms with Gasteiger partial charge in [0.1, 0.15) is 5.65 Å². The standard InChI is InChI=1S/C11H13N3.ClH/c1-7-5-14-6-9(12)4-10(8-2-3-8)11(14)13-7;/h4-6,8H,2-3,12H2,1H3;1H. The first-order valence-electron chi connectivity index (χ1n) is 4.99. The second kappa shape index (κ2) is 3.42. The Bertz CT molecular complexity index is 500. The van der Waals surface area contributed by atoms with Crippen LogP contribution in [0.5, 0.6) is 0 Å². The van der Waals surface area contributed by atoms with E-state index < -0.39 is 0 Å². The Balaban J connectivity index is 0.000000853. The third kappa shape index (κ3) is 1.67. The minimum absolute atomic E-state index is 0. The fourth-order valence-electron chi connectivity index (χ4n) is 1.96. The maximum Gasteiger partial charge on any atom is 0.140 e. The number of aryl methyl sites for hydroxylation is 1. The quantitative estimate of drug-likeness (QED) is 0.808. The summed E-state index contributed by atoms with van der Waals surface area (Å²) in [5, 5.41) is 0. The van der Waals surface area contributed by atoms with Gasteiger partial charge >= 0.3 is 0 Å². The van der Waals surface area contributed by atoms with Crippen LogP contribution in [0.25, 0.3) is 5.65 Å². The Hall–Kier alpha value is -1.22. The van der Waals surface area contributed by atoms with Crippen LogP contribution in [0.4, 0.5) is 5.69 Å². The third-order valence-electron chi connectivity index (χ3n) is 2.74. The Labute approximate surface area is 94.7 Å². The molecule has 0 atom stereocenters. The van der Waals surface area contributed by atoms with E-state index in [9.17, 15) is 0 Å². The zero-order valence-corrected chi connectivity index (χ0v) is 9.42. The van der Waals surface area contributed by atoms with Crippen molar-refractivity contribution in [2.75, 3.05) is 5.73 Å². The Morgan fingerprint density at radius 3 is 2.80 bits per heavy atom. The smallest absolute Gasteiger partial charge is 0.140 e. The molecule has 3 rings (SSSR count). The molecule has 0 saturated heterocycles. The van der Waals surface area contributed by atoms with Crippen molar-refractivity contribution >= 4 is 23.7 Å². The van der Waals surface area contributed by atoms with Crippen molar-refractivity contribution in [3.63, 3.8) is 0 Å². The van der Waals surface area contributed by atoms with Crippen LogP contribution in [0, 0.1) is 6.92 Å². The molecule has 0 radical (unpaired) electrons. The first kappa shape index (κ1) is 10.3. The fourth-order valence-corrected chi connectivity index (χ4v) is 1.96. The number of nitrogen functional groups attached to an aromatic ring is 1. The van der Waals surface area contributed by atoms with Crippen LogP contribution >= 0.6 is 12.4 Å². The molecule has 2 N–H and O–H groups in total. The van der Waals surface area contributed by atoms with Crippen LogP contribution in [0.15, 0.2) is 18.5 Å². The zero-order valence-electron chi connectivity index (χ0n) is 8.60. The van der Waals surface area contributed by atoms with Gasteiger partial charge < -0.3 is 10.1 Å². The van der Waals surface area contributed by atoms with Gasteiger partial charge in [0.25, 0.3) is 0 Å². The molecule has 15 heavy (non-hydrogen) atoms. The average molecular weight is 224 g/mol. The number of rotatable bonds is 1. The summed E-state index contributed by atoms with van der Waals surface area (Å²) in [4.78, 5) is 4.52. The highest BCUT2D eigenvalue weighted by molar-refractivity contribution is 5.85. The average Bonchev–Trinajstić information content (AvgIpc) is 2.87. The van der Waals surface area contributed by atoms with Crippen molar-refractivity contribution in [3.8, 4) is 0 Å². The lowest BCUT2D eigenvalue weighted by molar-refractivity contribution is 1.08. The lowest BCUT2D eigenvalue weighted by Gasteiger charge is -2.03. The predicted octanol–water partition coefficient (Wildman–Crippen LogP) is 2.52. The largest absolute Gasteiger partial charge is 0.398 e. The topological polar surface area (TPSA) is 43.3 Å². The van der Waals surface area contributed by atoms with E-state index in [1.165, 1.54) is 18.4 Å². The number of imidazole rings is 1. The zero-order chi connectivity index (χ0) is 9.71. The number of fused-ring (bicyclic) bond motifs is 1. The number of nitrogens with two attached hydrogens (primary N) is 1. The van der Waals surface area contributed by atoms with E-state index in [-0.39, 0.29) is 12.4 Å². The first-order valence-corrected chi connectivity index (χ1v) is 4.99. The summed E-state index contributed by atoms with van der Waals surface area (Å²) in [6.07, 6.45) is 6.52. The molecule has 1 saturated carbocycles. The second-order valence-electron chi connectivity index (χ2n) is 4.12. The number of aromatic nitrogens is 2. The van der Waals surface area contributed by atoms with Gasteiger partial charge in [0.2, 0.25) is 0 Å². The van der Waals surface area contributed by atoms with Crippen molar-refractivity contribution in [1.29, 1.82) is 0 Å². The Morgan fingerprint density at radius 2 is 2.13 bits per heavy atom. The van der Waals surface area contributed by atoms with E-state index in [2.05, 4.69) is 11.1 Å². The van der Waals surface area contributed by atoms with Gasteiger partial charge in [-0.2, -0.15) is 0 Å². The van der Waals surface area contributed by atoms with Crippen molar-refractivity contribution < 1.29 is 0 Å². The summed E-state index contributed by atoms with van der Waals surface area (Å²) in [5.74, 6) is 0.697. The monoisotopic (exact) mass is 223 g/mol. The highest BCUT2D eigenvalue weighted by Crippen LogP contribution is 2.42. The van der Waals surface area contributed by atoms with Gasteiger partial charge in [-0.15, -0.1) is 12.4 Å². The molecule has 0 bridgehead atoms. The van der Waals surface area contributed by atoms with E-state index in [0.29, 0.717) is 5.92 Å². The second-order valence-corrected chi connectivity index (χ2v) is 4.12. The molecule has 0 amide bonds. The minimum atomic E-state index is 0. The number of hydrogen-bond acceptors (Lipinski definition) is 2. The van der Waals surface area contributed by atoms with Gasteiger partial charge in [-0.1, -0.05) is 0 Å². The molecule has 4 heteroatoms. The van der Waals surface area contributed by atoms with Crippen LogP contribution in [0.3, 0.4) is 0 Å². The van der Waals surface area contributed by atoms with Gasteiger partial charge in [-0.3, -0.25) is 0 Å². The highest BCUT2D eigenvalue weighted by atomic mass is 35.5. The van der Waals surface area contributed by atoms with Gasteiger partial charge in [-0.25, -0.2) is 4.98 Å². The van der Waals surface area contributed by atoms with Gasteiger partial charge in [-0.05, 0) is 31.7 Å². The molecule has 0 spiro atoms. The molecule has 2 heterocycles. The van der Waals surface area contributed by atoms with Crippen molar-refractivity contribution in [3.05, 3.63) is 29.7 Å². The van der Waals surface area contributed by atoms with E-state index in [0.717, 1.165) is 17.0 Å². The Kier molecular flexibility index (Phi) is 2.35. The number of nitrogens with zero attached hydrogens (tertiary/aromatic N) is 2. The number of anilines is 1. The van der Waals surface area contributed by atoms with Crippen LogP contribution in [0.2, 0.25) is 0 Å². The van der Waals surface area contributed by atoms with Gasteiger partial charge in [0.15, 0.2) is 0 Å². The van der Waals surface area contributed by atoms with Crippen molar-refractivity contribution in [2.24, 2.45) is 0 Å². The molecular formula is C11H14ClN3. The molecule has 1 aliphatic carbocycles. The molecule has 80 valence electrons. The highest BCUT2D eigenvalue weighted by Gasteiger charge is 2.26. The number of pyridine rings is 1. The van der Waals surface area contributed by atoms with Crippen LogP contribution in [-0.4, -0.2) is 9.38 Å². The van der Waals surface area contributed by atoms with Crippen molar-refractivity contribution in [2.45, 2.75) is 25.7 Å².